The fraction of sp³-hybridized carbons (Fsp3) is 0.217. The average Bonchev–Trinajstić information content (AvgIpc) is 3.25. The van der Waals surface area contributed by atoms with Crippen molar-refractivity contribution in [1.29, 1.82) is 0 Å². The minimum absolute atomic E-state index is 0.0264. The number of nitrogens with zero attached hydrogens (tertiary/aromatic N) is 4. The van der Waals surface area contributed by atoms with E-state index in [2.05, 4.69) is 20.3 Å². The number of hydrogen-bond donors (Lipinski definition) is 3. The Hall–Kier alpha value is -3.65. The van der Waals surface area contributed by atoms with Crippen LogP contribution in [0.3, 0.4) is 0 Å². The summed E-state index contributed by atoms with van der Waals surface area (Å²) in [5, 5.41) is 4.91. The third-order valence-electron chi connectivity index (χ3n) is 5.64. The molecular formula is C23H22ClN7O. The molecule has 0 radical (unpaired) electrons. The number of carbonyl (C=O) groups excluding carboxylic acids is 1. The van der Waals surface area contributed by atoms with Crippen molar-refractivity contribution in [2.24, 2.45) is 0 Å². The molecule has 1 saturated heterocycles. The van der Waals surface area contributed by atoms with Crippen LogP contribution in [-0.2, 0) is 0 Å². The number of pyridine rings is 1. The Morgan fingerprint density at radius 2 is 2.06 bits per heavy atom. The molecule has 9 heteroatoms. The summed E-state index contributed by atoms with van der Waals surface area (Å²) in [5.41, 5.74) is 9.21. The summed E-state index contributed by atoms with van der Waals surface area (Å²) in [4.78, 5) is 31.1. The number of carbonyl (C=O) groups is 1. The van der Waals surface area contributed by atoms with Gasteiger partial charge in [-0.2, -0.15) is 0 Å². The van der Waals surface area contributed by atoms with Gasteiger partial charge in [0, 0.05) is 41.8 Å². The lowest BCUT2D eigenvalue weighted by Crippen LogP contribution is -2.45. The number of H-pyrrole nitrogens is 1. The number of benzene rings is 1. The van der Waals surface area contributed by atoms with E-state index < -0.39 is 0 Å². The van der Waals surface area contributed by atoms with Gasteiger partial charge in [-0.3, -0.25) is 4.79 Å². The standard InChI is InChI=1S/C23H22ClN7O/c24-18-12-28-23(30-21(18)17-11-27-19-6-2-1-5-16(17)19)29-15-4-3-9-31(13-15)22(32)20-8-7-14(25)10-26-20/h1-2,5-8,10-12,15,27H,3-4,9,13,25H2,(H,28,29,30)/t15-/m1/s1. The van der Waals surface area contributed by atoms with Crippen molar-refractivity contribution in [3.05, 3.63) is 65.7 Å². The van der Waals surface area contributed by atoms with Crippen molar-refractivity contribution >= 4 is 40.0 Å². The number of nitrogens with one attached hydrogen (secondary N) is 2. The SMILES string of the molecule is Nc1ccc(C(=O)N2CCC[C@@H](Nc3ncc(Cl)c(-c4c[nH]c5ccccc45)n3)C2)nc1. The van der Waals surface area contributed by atoms with Crippen molar-refractivity contribution in [1.82, 2.24) is 24.8 Å². The molecule has 1 amide bonds. The lowest BCUT2D eigenvalue weighted by Gasteiger charge is -2.33. The van der Waals surface area contributed by atoms with E-state index in [4.69, 9.17) is 22.3 Å². The Balaban J connectivity index is 1.34. The number of aromatic amines is 1. The molecule has 8 nitrogen and oxygen atoms in total. The average molecular weight is 448 g/mol. The van der Waals surface area contributed by atoms with Gasteiger partial charge in [-0.05, 0) is 31.0 Å². The van der Waals surface area contributed by atoms with Crippen LogP contribution in [0.5, 0.6) is 0 Å². The molecule has 0 unspecified atom stereocenters. The molecule has 3 aromatic heterocycles. The lowest BCUT2D eigenvalue weighted by molar-refractivity contribution is 0.0708. The number of halogens is 1. The van der Waals surface area contributed by atoms with E-state index in [1.165, 1.54) is 6.20 Å². The fourth-order valence-electron chi connectivity index (χ4n) is 4.05. The number of hydrogen-bond acceptors (Lipinski definition) is 6. The van der Waals surface area contributed by atoms with Gasteiger partial charge in [-0.1, -0.05) is 29.8 Å². The van der Waals surface area contributed by atoms with E-state index in [9.17, 15) is 4.79 Å². The van der Waals surface area contributed by atoms with E-state index >= 15 is 0 Å². The third-order valence-corrected chi connectivity index (χ3v) is 5.91. The molecule has 4 N–H and O–H groups in total. The zero-order chi connectivity index (χ0) is 22.1. The van der Waals surface area contributed by atoms with Gasteiger partial charge in [0.2, 0.25) is 5.95 Å². The minimum atomic E-state index is -0.104. The molecule has 32 heavy (non-hydrogen) atoms. The molecule has 4 aromatic rings. The Bertz CT molecular complexity index is 1270. The minimum Gasteiger partial charge on any atom is -0.397 e. The van der Waals surface area contributed by atoms with Crippen LogP contribution in [-0.4, -0.2) is 49.9 Å². The number of likely N-dealkylation sites (tertiary alicyclic amines) is 1. The first-order valence-corrected chi connectivity index (χ1v) is 10.8. The van der Waals surface area contributed by atoms with E-state index in [-0.39, 0.29) is 11.9 Å². The highest BCUT2D eigenvalue weighted by atomic mass is 35.5. The predicted octanol–water partition coefficient (Wildman–Crippen LogP) is 3.97. The molecule has 0 aliphatic carbocycles. The Kier molecular flexibility index (Phi) is 5.36. The first-order chi connectivity index (χ1) is 15.6. The summed E-state index contributed by atoms with van der Waals surface area (Å²) in [6, 6.07) is 11.4. The molecule has 1 atom stereocenters. The molecule has 1 aliphatic rings. The Morgan fingerprint density at radius 3 is 2.91 bits per heavy atom. The normalized spacial score (nSPS) is 16.3. The second-order valence-electron chi connectivity index (χ2n) is 7.85. The summed E-state index contributed by atoms with van der Waals surface area (Å²) in [5.74, 6) is 0.382. The summed E-state index contributed by atoms with van der Waals surface area (Å²) in [7, 11) is 0. The number of amides is 1. The number of rotatable bonds is 4. The lowest BCUT2D eigenvalue weighted by atomic mass is 10.1. The zero-order valence-corrected chi connectivity index (χ0v) is 18.0. The highest BCUT2D eigenvalue weighted by molar-refractivity contribution is 6.33. The molecule has 1 aliphatic heterocycles. The second kappa shape index (κ2) is 8.47. The largest absolute Gasteiger partial charge is 0.397 e. The van der Waals surface area contributed by atoms with Gasteiger partial charge in [0.25, 0.3) is 5.91 Å². The van der Waals surface area contributed by atoms with Crippen LogP contribution >= 0.6 is 11.6 Å². The summed E-state index contributed by atoms with van der Waals surface area (Å²) < 4.78 is 0. The molecular weight excluding hydrogens is 426 g/mol. The predicted molar refractivity (Wildman–Crippen MR) is 126 cm³/mol. The maximum absolute atomic E-state index is 12.8. The van der Waals surface area contributed by atoms with E-state index in [0.717, 1.165) is 29.3 Å². The quantitative estimate of drug-likeness (QED) is 0.436. The van der Waals surface area contributed by atoms with E-state index in [1.807, 2.05) is 30.5 Å². The number of aromatic nitrogens is 4. The summed E-state index contributed by atoms with van der Waals surface area (Å²) in [6.45, 7) is 1.23. The van der Waals surface area contributed by atoms with Crippen molar-refractivity contribution in [2.75, 3.05) is 24.1 Å². The second-order valence-corrected chi connectivity index (χ2v) is 8.26. The van der Waals surface area contributed by atoms with Gasteiger partial charge >= 0.3 is 0 Å². The van der Waals surface area contributed by atoms with Gasteiger partial charge in [0.15, 0.2) is 0 Å². The number of piperidine rings is 1. The number of fused-ring (bicyclic) bond motifs is 1. The third kappa shape index (κ3) is 3.97. The molecule has 0 spiro atoms. The van der Waals surface area contributed by atoms with Crippen LogP contribution in [0, 0.1) is 0 Å². The van der Waals surface area contributed by atoms with Crippen molar-refractivity contribution in [2.45, 2.75) is 18.9 Å². The first-order valence-electron chi connectivity index (χ1n) is 10.4. The summed E-state index contributed by atoms with van der Waals surface area (Å²) in [6.07, 6.45) is 6.80. The van der Waals surface area contributed by atoms with Crippen molar-refractivity contribution in [3.63, 3.8) is 0 Å². The fourth-order valence-corrected chi connectivity index (χ4v) is 4.24. The zero-order valence-electron chi connectivity index (χ0n) is 17.3. The van der Waals surface area contributed by atoms with Crippen molar-refractivity contribution < 1.29 is 4.79 Å². The van der Waals surface area contributed by atoms with Gasteiger partial charge in [-0.25, -0.2) is 15.0 Å². The molecule has 1 fully saturated rings. The number of para-hydroxylation sites is 1. The molecule has 0 saturated carbocycles. The molecule has 5 rings (SSSR count). The Morgan fingerprint density at radius 1 is 1.19 bits per heavy atom. The highest BCUT2D eigenvalue weighted by Crippen LogP contribution is 2.32. The first kappa shape index (κ1) is 20.3. The maximum atomic E-state index is 12.8. The number of anilines is 2. The van der Waals surface area contributed by atoms with Gasteiger partial charge in [0.1, 0.15) is 5.69 Å². The highest BCUT2D eigenvalue weighted by Gasteiger charge is 2.26. The van der Waals surface area contributed by atoms with Crippen LogP contribution < -0.4 is 11.1 Å². The monoisotopic (exact) mass is 447 g/mol. The Labute approximate surface area is 189 Å². The number of nitrogen functional groups attached to an aromatic ring is 1. The van der Waals surface area contributed by atoms with E-state index in [1.54, 1.807) is 23.2 Å². The topological polar surface area (TPSA) is 113 Å². The molecule has 4 heterocycles. The van der Waals surface area contributed by atoms with Crippen LogP contribution in [0.2, 0.25) is 5.02 Å². The van der Waals surface area contributed by atoms with Gasteiger partial charge < -0.3 is 20.9 Å². The van der Waals surface area contributed by atoms with Crippen LogP contribution in [0.4, 0.5) is 11.6 Å². The van der Waals surface area contributed by atoms with Crippen LogP contribution in [0.1, 0.15) is 23.3 Å². The van der Waals surface area contributed by atoms with Crippen LogP contribution in [0.15, 0.2) is 55.0 Å². The van der Waals surface area contributed by atoms with E-state index in [0.29, 0.717) is 41.1 Å². The molecule has 0 bridgehead atoms. The van der Waals surface area contributed by atoms with Gasteiger partial charge in [-0.15, -0.1) is 0 Å². The number of nitrogens with two attached hydrogens (primary N) is 1. The van der Waals surface area contributed by atoms with Crippen LogP contribution in [0.25, 0.3) is 22.2 Å². The van der Waals surface area contributed by atoms with Crippen molar-refractivity contribution in [3.8, 4) is 11.3 Å². The van der Waals surface area contributed by atoms with Gasteiger partial charge in [0.05, 0.1) is 28.8 Å². The summed E-state index contributed by atoms with van der Waals surface area (Å²) >= 11 is 6.44. The molecule has 162 valence electrons. The smallest absolute Gasteiger partial charge is 0.272 e. The maximum Gasteiger partial charge on any atom is 0.272 e. The molecule has 1 aromatic carbocycles.